The fourth-order valence-electron chi connectivity index (χ4n) is 8.27. The molecule has 3 saturated carbocycles. The maximum atomic E-state index is 12.2. The molecule has 7 aliphatic rings. The zero-order chi connectivity index (χ0) is 20.1. The minimum absolute atomic E-state index is 0.0707. The van der Waals surface area contributed by atoms with E-state index in [1.165, 1.54) is 0 Å². The van der Waals surface area contributed by atoms with E-state index in [1.807, 2.05) is 0 Å². The first-order valence-corrected chi connectivity index (χ1v) is 10.9. The molecule has 0 unspecified atom stereocenters. The second kappa shape index (κ2) is 4.69. The van der Waals surface area contributed by atoms with Gasteiger partial charge >= 0.3 is 11.4 Å². The molecule has 8 heteroatoms. The number of ether oxygens (including phenoxy) is 4. The number of cyclic esters (lactones) is 1. The standard InChI is InChI=1S/C21H23ClO7/c1-8(2)20-14(29-20)12-6-18(12)19(25)4-3-9-10(7-26-15(9)23)11(19)5-13-21(18,28-13)16(20)27-17(22)24/h8,11-14,16,25H,3-7H2,1-2H3/t11-,12-,13-,14-,16+,18-,19+,20-,21+/m0/s1. The summed E-state index contributed by atoms with van der Waals surface area (Å²) in [7, 11) is 0. The average Bonchev–Trinajstić information content (AvgIpc) is 3.53. The van der Waals surface area contributed by atoms with E-state index in [0.29, 0.717) is 19.3 Å². The van der Waals surface area contributed by atoms with Gasteiger partial charge in [0.05, 0.1) is 17.8 Å². The van der Waals surface area contributed by atoms with Crippen molar-refractivity contribution in [2.75, 3.05) is 6.61 Å². The predicted octanol–water partition coefficient (Wildman–Crippen LogP) is 2.08. The first-order valence-electron chi connectivity index (χ1n) is 10.6. The molecule has 9 atom stereocenters. The Morgan fingerprint density at radius 2 is 2.14 bits per heavy atom. The summed E-state index contributed by atoms with van der Waals surface area (Å²) < 4.78 is 23.7. The fourth-order valence-corrected chi connectivity index (χ4v) is 8.36. The van der Waals surface area contributed by atoms with Crippen molar-refractivity contribution in [2.24, 2.45) is 23.2 Å². The molecule has 0 aromatic carbocycles. The van der Waals surface area contributed by atoms with Gasteiger partial charge in [0.25, 0.3) is 0 Å². The summed E-state index contributed by atoms with van der Waals surface area (Å²) in [4.78, 5) is 24.0. The van der Waals surface area contributed by atoms with Crippen LogP contribution in [0.5, 0.6) is 0 Å². The second-order valence-electron chi connectivity index (χ2n) is 10.3. The van der Waals surface area contributed by atoms with Gasteiger partial charge in [-0.1, -0.05) is 13.8 Å². The summed E-state index contributed by atoms with van der Waals surface area (Å²) in [6, 6.07) is 0. The molecule has 2 saturated heterocycles. The Bertz CT molecular complexity index is 930. The maximum Gasteiger partial charge on any atom is 0.404 e. The van der Waals surface area contributed by atoms with E-state index in [4.69, 9.17) is 30.5 Å². The lowest BCUT2D eigenvalue weighted by Gasteiger charge is -2.54. The molecule has 0 radical (unpaired) electrons. The molecule has 0 bridgehead atoms. The van der Waals surface area contributed by atoms with Crippen molar-refractivity contribution in [3.05, 3.63) is 11.1 Å². The Morgan fingerprint density at radius 1 is 1.34 bits per heavy atom. The van der Waals surface area contributed by atoms with E-state index in [1.54, 1.807) is 0 Å². The maximum absolute atomic E-state index is 12.2. The lowest BCUT2D eigenvalue weighted by molar-refractivity contribution is -0.164. The minimum atomic E-state index is -1.02. The molecule has 0 amide bonds. The first-order chi connectivity index (χ1) is 13.7. The number of rotatable bonds is 2. The number of hydrogen-bond donors (Lipinski definition) is 1. The monoisotopic (exact) mass is 422 g/mol. The Morgan fingerprint density at radius 3 is 2.86 bits per heavy atom. The summed E-state index contributed by atoms with van der Waals surface area (Å²) in [5.41, 5.74) is -2.10. The van der Waals surface area contributed by atoms with Gasteiger partial charge in [-0.2, -0.15) is 0 Å². The predicted molar refractivity (Wildman–Crippen MR) is 97.0 cm³/mol. The van der Waals surface area contributed by atoms with Crippen molar-refractivity contribution >= 4 is 23.0 Å². The molecule has 4 aliphatic carbocycles. The summed E-state index contributed by atoms with van der Waals surface area (Å²) in [6.07, 6.45) is 1.52. The van der Waals surface area contributed by atoms with Crippen LogP contribution in [0.25, 0.3) is 0 Å². The van der Waals surface area contributed by atoms with Gasteiger partial charge in [0.15, 0.2) is 6.10 Å². The smallest absolute Gasteiger partial charge is 0.404 e. The molecule has 7 nitrogen and oxygen atoms in total. The number of esters is 1. The van der Waals surface area contributed by atoms with Crippen LogP contribution in [0.3, 0.4) is 0 Å². The van der Waals surface area contributed by atoms with E-state index in [0.717, 1.165) is 17.6 Å². The van der Waals surface area contributed by atoms with Gasteiger partial charge < -0.3 is 24.1 Å². The zero-order valence-electron chi connectivity index (χ0n) is 16.3. The molecule has 29 heavy (non-hydrogen) atoms. The van der Waals surface area contributed by atoms with E-state index in [2.05, 4.69) is 13.8 Å². The van der Waals surface area contributed by atoms with Crippen molar-refractivity contribution in [1.29, 1.82) is 0 Å². The van der Waals surface area contributed by atoms with E-state index in [-0.39, 0.29) is 42.5 Å². The number of hydrogen-bond acceptors (Lipinski definition) is 7. The van der Waals surface area contributed by atoms with Crippen LogP contribution in [0.4, 0.5) is 4.79 Å². The molecule has 1 N–H and O–H groups in total. The second-order valence-corrected chi connectivity index (χ2v) is 10.6. The van der Waals surface area contributed by atoms with Crippen LogP contribution in [-0.2, 0) is 23.7 Å². The molecule has 7 rings (SSSR count). The van der Waals surface area contributed by atoms with Crippen molar-refractivity contribution in [3.8, 4) is 0 Å². The first kappa shape index (κ1) is 17.5. The third-order valence-electron chi connectivity index (χ3n) is 9.43. The molecular formula is C21H23ClO7. The molecule has 3 heterocycles. The van der Waals surface area contributed by atoms with Crippen molar-refractivity contribution in [1.82, 2.24) is 0 Å². The topological polar surface area (TPSA) is 97.9 Å². The van der Waals surface area contributed by atoms with Crippen LogP contribution in [0.15, 0.2) is 11.1 Å². The third kappa shape index (κ3) is 1.57. The number of carbonyl (C=O) groups excluding carboxylic acids is 2. The largest absolute Gasteiger partial charge is 0.458 e. The van der Waals surface area contributed by atoms with Gasteiger partial charge in [-0.15, -0.1) is 0 Å². The van der Waals surface area contributed by atoms with E-state index in [9.17, 15) is 14.7 Å². The third-order valence-corrected chi connectivity index (χ3v) is 9.52. The van der Waals surface area contributed by atoms with Crippen LogP contribution < -0.4 is 0 Å². The average molecular weight is 423 g/mol. The normalized spacial score (nSPS) is 57.6. The van der Waals surface area contributed by atoms with Crippen LogP contribution in [0.2, 0.25) is 0 Å². The Kier molecular flexibility index (Phi) is 2.83. The number of halogens is 1. The Hall–Kier alpha value is -1.15. The molecule has 5 fully saturated rings. The van der Waals surface area contributed by atoms with Gasteiger partial charge in [-0.25, -0.2) is 9.59 Å². The van der Waals surface area contributed by atoms with Crippen molar-refractivity contribution in [3.63, 3.8) is 0 Å². The summed E-state index contributed by atoms with van der Waals surface area (Å²) in [6.45, 7) is 4.40. The van der Waals surface area contributed by atoms with Crippen LogP contribution >= 0.6 is 11.6 Å². The highest BCUT2D eigenvalue weighted by molar-refractivity contribution is 6.61. The molecule has 0 aromatic rings. The lowest BCUT2D eigenvalue weighted by atomic mass is 9.50. The number of aliphatic hydroxyl groups is 1. The van der Waals surface area contributed by atoms with E-state index >= 15 is 0 Å². The Balaban J connectivity index is 1.38. The van der Waals surface area contributed by atoms with Gasteiger partial charge in [0, 0.05) is 34.4 Å². The highest BCUT2D eigenvalue weighted by Gasteiger charge is 3.00. The van der Waals surface area contributed by atoms with Crippen LogP contribution in [-0.4, -0.2) is 58.2 Å². The van der Waals surface area contributed by atoms with Crippen LogP contribution in [0.1, 0.15) is 39.5 Å². The highest BCUT2D eigenvalue weighted by atomic mass is 35.5. The van der Waals surface area contributed by atoms with Gasteiger partial charge in [-0.05, 0) is 37.2 Å². The fraction of sp³-hybridized carbons (Fsp3) is 0.810. The van der Waals surface area contributed by atoms with Crippen LogP contribution in [0, 0.1) is 23.2 Å². The number of fused-ring (bicyclic) bond motifs is 4. The van der Waals surface area contributed by atoms with E-state index < -0.39 is 33.8 Å². The SMILES string of the molecule is CC(C)[C@]12O[C@H]1[C@@H]1C[C@]13[C@]1(O[C@H]1C[C@H]1C4=C(CC[C@@]13O)C(=O)OC4)[C@@H]2OC(=O)Cl. The van der Waals surface area contributed by atoms with Gasteiger partial charge in [0.2, 0.25) is 0 Å². The summed E-state index contributed by atoms with van der Waals surface area (Å²) in [5.74, 6) is -0.128. The zero-order valence-corrected chi connectivity index (χ0v) is 17.0. The number of carbonyl (C=O) groups is 2. The molecule has 156 valence electrons. The highest BCUT2D eigenvalue weighted by Crippen LogP contribution is 2.88. The molecule has 2 spiro atoms. The Labute approximate surface area is 172 Å². The molecule has 0 aromatic heterocycles. The van der Waals surface area contributed by atoms with Gasteiger partial charge in [0.1, 0.15) is 17.8 Å². The lowest BCUT2D eigenvalue weighted by Crippen LogP contribution is -2.69. The summed E-state index contributed by atoms with van der Waals surface area (Å²) >= 11 is 5.70. The summed E-state index contributed by atoms with van der Waals surface area (Å²) in [5, 5.41) is 12.2. The quantitative estimate of drug-likeness (QED) is 0.413. The van der Waals surface area contributed by atoms with Crippen molar-refractivity contribution < 1.29 is 33.6 Å². The molecular weight excluding hydrogens is 400 g/mol. The minimum Gasteiger partial charge on any atom is -0.458 e. The van der Waals surface area contributed by atoms with Crippen molar-refractivity contribution in [2.45, 2.75) is 74.6 Å². The molecule has 3 aliphatic heterocycles. The number of epoxide rings is 2. The van der Waals surface area contributed by atoms with Gasteiger partial charge in [-0.3, -0.25) is 0 Å².